The van der Waals surface area contributed by atoms with E-state index in [1.807, 2.05) is 66.7 Å². The van der Waals surface area contributed by atoms with Crippen LogP contribution in [0.25, 0.3) is 0 Å². The van der Waals surface area contributed by atoms with Gasteiger partial charge < -0.3 is 5.32 Å². The number of benzene rings is 3. The zero-order valence-electron chi connectivity index (χ0n) is 17.0. The summed E-state index contributed by atoms with van der Waals surface area (Å²) in [5, 5.41) is 3.65. The number of aliphatic imine (C=N–C) groups is 1. The molecule has 4 nitrogen and oxygen atoms in total. The van der Waals surface area contributed by atoms with Gasteiger partial charge in [0.1, 0.15) is 0 Å². The third kappa shape index (κ3) is 4.31. The molecule has 1 aliphatic rings. The van der Waals surface area contributed by atoms with Crippen molar-refractivity contribution in [2.45, 2.75) is 16.3 Å². The van der Waals surface area contributed by atoms with Gasteiger partial charge in [0.2, 0.25) is 0 Å². The molecule has 0 bridgehead atoms. The maximum Gasteiger partial charge on any atom is 0.251 e. The first-order chi connectivity index (χ1) is 15.7. The molecule has 0 saturated carbocycles. The van der Waals surface area contributed by atoms with Crippen LogP contribution in [0.3, 0.4) is 0 Å². The van der Waals surface area contributed by atoms with Gasteiger partial charge in [0.25, 0.3) is 5.91 Å². The fraction of sp³-hybridized carbons (Fsp3) is 0.0385. The Morgan fingerprint density at radius 1 is 0.906 bits per heavy atom. The second kappa shape index (κ2) is 8.99. The number of hydrogen-bond donors (Lipinski definition) is 1. The number of nitrogens with zero attached hydrogens (tertiary/aromatic N) is 2. The minimum absolute atomic E-state index is 0.139. The van der Waals surface area contributed by atoms with Crippen LogP contribution in [0.4, 0.5) is 5.69 Å². The number of amides is 1. The Labute approximate surface area is 195 Å². The molecule has 6 heteroatoms. The fourth-order valence-corrected chi connectivity index (χ4v) is 4.62. The summed E-state index contributed by atoms with van der Waals surface area (Å²) in [6, 6.07) is 25.3. The molecule has 156 valence electrons. The predicted octanol–water partition coefficient (Wildman–Crippen LogP) is 6.30. The molecule has 0 fully saturated rings. The number of aromatic nitrogens is 1. The average molecular weight is 456 g/mol. The first-order valence-electron chi connectivity index (χ1n) is 10.1. The SMILES string of the molecule is O=C(NCc1ccncc1)c1ccc2c(c1)N=C(c1ccc(Cl)cc1)c1ccccc1S2. The van der Waals surface area contributed by atoms with Crippen LogP contribution < -0.4 is 5.32 Å². The lowest BCUT2D eigenvalue weighted by molar-refractivity contribution is 0.0951. The Morgan fingerprint density at radius 3 is 2.50 bits per heavy atom. The van der Waals surface area contributed by atoms with Gasteiger partial charge in [-0.25, -0.2) is 4.99 Å². The van der Waals surface area contributed by atoms with Crippen LogP contribution in [0.15, 0.2) is 106 Å². The van der Waals surface area contributed by atoms with Crippen LogP contribution in [-0.4, -0.2) is 16.6 Å². The number of fused-ring (bicyclic) bond motifs is 2. The van der Waals surface area contributed by atoms with Crippen molar-refractivity contribution in [3.63, 3.8) is 0 Å². The largest absolute Gasteiger partial charge is 0.348 e. The van der Waals surface area contributed by atoms with Crippen molar-refractivity contribution >= 4 is 40.7 Å². The third-order valence-corrected chi connectivity index (χ3v) is 6.53. The van der Waals surface area contributed by atoms with Crippen molar-refractivity contribution in [3.05, 3.63) is 119 Å². The molecular formula is C26H18ClN3OS. The lowest BCUT2D eigenvalue weighted by Crippen LogP contribution is -2.22. The van der Waals surface area contributed by atoms with Crippen LogP contribution in [0.1, 0.15) is 27.0 Å². The van der Waals surface area contributed by atoms with Crippen LogP contribution in [-0.2, 0) is 6.54 Å². The van der Waals surface area contributed by atoms with Gasteiger partial charge in [-0.3, -0.25) is 9.78 Å². The Morgan fingerprint density at radius 2 is 1.69 bits per heavy atom. The van der Waals surface area contributed by atoms with E-state index in [2.05, 4.69) is 22.4 Å². The molecule has 0 atom stereocenters. The molecule has 0 aliphatic carbocycles. The van der Waals surface area contributed by atoms with Crippen LogP contribution >= 0.6 is 23.4 Å². The topological polar surface area (TPSA) is 54.4 Å². The Bertz CT molecular complexity index is 1320. The van der Waals surface area contributed by atoms with Crippen molar-refractivity contribution in [1.29, 1.82) is 0 Å². The van der Waals surface area contributed by atoms with Gasteiger partial charge in [0, 0.05) is 50.4 Å². The Balaban J connectivity index is 1.51. The zero-order valence-corrected chi connectivity index (χ0v) is 18.5. The molecular weight excluding hydrogens is 438 g/mol. The summed E-state index contributed by atoms with van der Waals surface area (Å²) >= 11 is 7.76. The lowest BCUT2D eigenvalue weighted by atomic mass is 10.0. The van der Waals surface area contributed by atoms with Crippen LogP contribution in [0.2, 0.25) is 5.02 Å². The number of hydrogen-bond acceptors (Lipinski definition) is 4. The summed E-state index contributed by atoms with van der Waals surface area (Å²) in [6.07, 6.45) is 3.43. The molecule has 0 unspecified atom stereocenters. The minimum Gasteiger partial charge on any atom is -0.348 e. The number of halogens is 1. The highest BCUT2D eigenvalue weighted by atomic mass is 35.5. The molecule has 0 radical (unpaired) electrons. The quantitative estimate of drug-likeness (QED) is 0.346. The number of rotatable bonds is 4. The zero-order chi connectivity index (χ0) is 21.9. The third-order valence-electron chi connectivity index (χ3n) is 5.14. The first kappa shape index (κ1) is 20.5. The van der Waals surface area contributed by atoms with Crippen molar-refractivity contribution in [2.75, 3.05) is 0 Å². The number of carbonyl (C=O) groups excluding carboxylic acids is 1. The van der Waals surface area contributed by atoms with Gasteiger partial charge in [-0.1, -0.05) is 53.7 Å². The predicted molar refractivity (Wildman–Crippen MR) is 129 cm³/mol. The molecule has 0 spiro atoms. The molecule has 3 aromatic carbocycles. The fourth-order valence-electron chi connectivity index (χ4n) is 3.50. The van der Waals surface area contributed by atoms with Gasteiger partial charge in [-0.05, 0) is 54.1 Å². The number of pyridine rings is 1. The van der Waals surface area contributed by atoms with Crippen molar-refractivity contribution in [2.24, 2.45) is 4.99 Å². The summed E-state index contributed by atoms with van der Waals surface area (Å²) in [4.78, 5) is 23.9. The van der Waals surface area contributed by atoms with Crippen LogP contribution in [0, 0.1) is 0 Å². The number of nitrogens with one attached hydrogen (secondary N) is 1. The van der Waals surface area contributed by atoms with E-state index in [-0.39, 0.29) is 5.91 Å². The van der Waals surface area contributed by atoms with Crippen molar-refractivity contribution in [3.8, 4) is 0 Å². The van der Waals surface area contributed by atoms with Crippen LogP contribution in [0.5, 0.6) is 0 Å². The van der Waals surface area contributed by atoms with E-state index in [9.17, 15) is 4.79 Å². The summed E-state index contributed by atoms with van der Waals surface area (Å²) in [5.41, 5.74) is 5.23. The van der Waals surface area contributed by atoms with E-state index in [0.29, 0.717) is 17.1 Å². The summed E-state index contributed by atoms with van der Waals surface area (Å²) < 4.78 is 0. The van der Waals surface area contributed by atoms with Crippen molar-refractivity contribution < 1.29 is 4.79 Å². The van der Waals surface area contributed by atoms with E-state index in [0.717, 1.165) is 37.9 Å². The van der Waals surface area contributed by atoms with Gasteiger partial charge >= 0.3 is 0 Å². The second-order valence-electron chi connectivity index (χ2n) is 7.29. The monoisotopic (exact) mass is 455 g/mol. The van der Waals surface area contributed by atoms with E-state index in [4.69, 9.17) is 16.6 Å². The standard InChI is InChI=1S/C26H18ClN3OS/c27-20-8-5-18(6-9-20)25-21-3-1-2-4-23(21)32-24-10-7-19(15-22(24)30-25)26(31)29-16-17-11-13-28-14-12-17/h1-15H,16H2,(H,29,31). The Hall–Kier alpha value is -3.41. The number of carbonyl (C=O) groups is 1. The maximum absolute atomic E-state index is 12.8. The minimum atomic E-state index is -0.139. The highest BCUT2D eigenvalue weighted by Crippen LogP contribution is 2.41. The highest BCUT2D eigenvalue weighted by molar-refractivity contribution is 7.99. The van der Waals surface area contributed by atoms with Gasteiger partial charge in [-0.15, -0.1) is 0 Å². The molecule has 1 aliphatic heterocycles. The van der Waals surface area contributed by atoms with Gasteiger partial charge in [-0.2, -0.15) is 0 Å². The van der Waals surface area contributed by atoms with E-state index < -0.39 is 0 Å². The van der Waals surface area contributed by atoms with E-state index in [1.165, 1.54) is 0 Å². The smallest absolute Gasteiger partial charge is 0.251 e. The molecule has 2 heterocycles. The summed E-state index contributed by atoms with van der Waals surface area (Å²) in [5.74, 6) is -0.139. The molecule has 32 heavy (non-hydrogen) atoms. The molecule has 5 rings (SSSR count). The van der Waals surface area contributed by atoms with Gasteiger partial charge in [0.05, 0.1) is 11.4 Å². The molecule has 1 aromatic heterocycles. The lowest BCUT2D eigenvalue weighted by Gasteiger charge is -2.09. The van der Waals surface area contributed by atoms with E-state index >= 15 is 0 Å². The first-order valence-corrected chi connectivity index (χ1v) is 11.3. The van der Waals surface area contributed by atoms with E-state index in [1.54, 1.807) is 24.2 Å². The molecule has 1 amide bonds. The molecule has 1 N–H and O–H groups in total. The maximum atomic E-state index is 12.8. The normalized spacial score (nSPS) is 12.2. The second-order valence-corrected chi connectivity index (χ2v) is 8.81. The Kier molecular flexibility index (Phi) is 5.75. The molecule has 4 aromatic rings. The average Bonchev–Trinajstić information content (AvgIpc) is 3.00. The summed E-state index contributed by atoms with van der Waals surface area (Å²) in [6.45, 7) is 0.442. The van der Waals surface area contributed by atoms with Gasteiger partial charge in [0.15, 0.2) is 0 Å². The molecule has 0 saturated heterocycles. The van der Waals surface area contributed by atoms with Crippen molar-refractivity contribution in [1.82, 2.24) is 10.3 Å². The highest BCUT2D eigenvalue weighted by Gasteiger charge is 2.20. The summed E-state index contributed by atoms with van der Waals surface area (Å²) in [7, 11) is 0.